The number of nitrogens with zero attached hydrogens (tertiary/aromatic N) is 1. The number of rotatable bonds is 4. The number of hydrogen-bond acceptors (Lipinski definition) is 3. The number of nitrogens with one attached hydrogen (secondary N) is 1. The van der Waals surface area contributed by atoms with Crippen LogP contribution in [0.2, 0.25) is 5.02 Å². The van der Waals surface area contributed by atoms with Crippen molar-refractivity contribution in [2.24, 2.45) is 10.8 Å². The first-order valence-electron chi connectivity index (χ1n) is 5.75. The second-order valence-corrected chi connectivity index (χ2v) is 5.44. The van der Waals surface area contributed by atoms with E-state index < -0.39 is 6.03 Å². The minimum atomic E-state index is -0.684. The molecule has 0 aromatic heterocycles. The van der Waals surface area contributed by atoms with Crippen LogP contribution in [0.3, 0.4) is 0 Å². The van der Waals surface area contributed by atoms with Gasteiger partial charge < -0.3 is 5.73 Å². The van der Waals surface area contributed by atoms with Gasteiger partial charge in [0.05, 0.1) is 6.21 Å². The van der Waals surface area contributed by atoms with Crippen LogP contribution < -0.4 is 11.2 Å². The number of amides is 2. The molecule has 0 aliphatic carbocycles. The highest BCUT2D eigenvalue weighted by Crippen LogP contribution is 2.28. The Morgan fingerprint density at radius 2 is 1.65 bits per heavy atom. The van der Waals surface area contributed by atoms with Gasteiger partial charge in [-0.1, -0.05) is 35.5 Å². The summed E-state index contributed by atoms with van der Waals surface area (Å²) >= 11 is 7.48. The van der Waals surface area contributed by atoms with E-state index in [1.54, 1.807) is 11.8 Å². The first-order chi connectivity index (χ1) is 9.63. The van der Waals surface area contributed by atoms with Gasteiger partial charge in [-0.05, 0) is 42.0 Å². The Bertz CT molecular complexity index is 611. The van der Waals surface area contributed by atoms with Gasteiger partial charge in [-0.3, -0.25) is 0 Å². The fraction of sp³-hybridized carbons (Fsp3) is 0. The summed E-state index contributed by atoms with van der Waals surface area (Å²) in [4.78, 5) is 12.7. The van der Waals surface area contributed by atoms with Crippen molar-refractivity contribution >= 4 is 35.6 Å². The molecule has 102 valence electrons. The highest BCUT2D eigenvalue weighted by molar-refractivity contribution is 7.99. The number of urea groups is 1. The number of nitrogens with two attached hydrogens (primary N) is 1. The zero-order chi connectivity index (χ0) is 14.4. The summed E-state index contributed by atoms with van der Waals surface area (Å²) in [7, 11) is 0. The summed E-state index contributed by atoms with van der Waals surface area (Å²) < 4.78 is 0. The van der Waals surface area contributed by atoms with Crippen molar-refractivity contribution in [2.75, 3.05) is 0 Å². The number of carbonyl (C=O) groups is 1. The molecule has 0 spiro atoms. The molecule has 20 heavy (non-hydrogen) atoms. The number of hydrogen-bond donors (Lipinski definition) is 2. The normalized spacial score (nSPS) is 10.7. The summed E-state index contributed by atoms with van der Waals surface area (Å²) in [6.07, 6.45) is 1.53. The van der Waals surface area contributed by atoms with E-state index in [4.69, 9.17) is 17.3 Å². The molecule has 0 saturated carbocycles. The molecule has 2 amide bonds. The third-order valence-electron chi connectivity index (χ3n) is 2.32. The van der Waals surface area contributed by atoms with E-state index in [0.717, 1.165) is 20.4 Å². The lowest BCUT2D eigenvalue weighted by Crippen LogP contribution is -2.24. The third kappa shape index (κ3) is 4.60. The molecule has 0 unspecified atom stereocenters. The van der Waals surface area contributed by atoms with Crippen LogP contribution in [-0.2, 0) is 0 Å². The SMILES string of the molecule is NC(=O)N/N=C\c1ccc(Sc2ccc(Cl)cc2)cc1. The Hall–Kier alpha value is -1.98. The standard InChI is InChI=1S/C14H12ClN3OS/c15-11-3-7-13(8-4-11)20-12-5-1-10(2-6-12)9-17-18-14(16)19/h1-9H,(H3,16,18,19)/b17-9-. The van der Waals surface area contributed by atoms with Crippen LogP contribution in [0.25, 0.3) is 0 Å². The van der Waals surface area contributed by atoms with Crippen LogP contribution in [0.5, 0.6) is 0 Å². The van der Waals surface area contributed by atoms with Gasteiger partial charge >= 0.3 is 6.03 Å². The molecule has 0 heterocycles. The number of hydrazone groups is 1. The number of carbonyl (C=O) groups excluding carboxylic acids is 1. The number of benzene rings is 2. The molecule has 0 saturated heterocycles. The van der Waals surface area contributed by atoms with Crippen LogP contribution in [-0.4, -0.2) is 12.2 Å². The van der Waals surface area contributed by atoms with E-state index >= 15 is 0 Å². The van der Waals surface area contributed by atoms with Gasteiger partial charge in [0, 0.05) is 14.8 Å². The molecular formula is C14H12ClN3OS. The molecular weight excluding hydrogens is 294 g/mol. The van der Waals surface area contributed by atoms with Gasteiger partial charge in [0.1, 0.15) is 0 Å². The maximum Gasteiger partial charge on any atom is 0.332 e. The van der Waals surface area contributed by atoms with Crippen LogP contribution in [0.4, 0.5) is 4.79 Å². The van der Waals surface area contributed by atoms with Crippen molar-refractivity contribution in [1.29, 1.82) is 0 Å². The van der Waals surface area contributed by atoms with E-state index in [1.165, 1.54) is 6.21 Å². The molecule has 2 rings (SSSR count). The summed E-state index contributed by atoms with van der Waals surface area (Å²) in [5.74, 6) is 0. The Balaban J connectivity index is 1.99. The van der Waals surface area contributed by atoms with Gasteiger partial charge in [-0.2, -0.15) is 5.10 Å². The topological polar surface area (TPSA) is 67.5 Å². The van der Waals surface area contributed by atoms with Crippen molar-refractivity contribution in [1.82, 2.24) is 5.43 Å². The minimum Gasteiger partial charge on any atom is -0.350 e. The molecule has 0 bridgehead atoms. The maximum atomic E-state index is 10.5. The van der Waals surface area contributed by atoms with E-state index in [1.807, 2.05) is 48.5 Å². The fourth-order valence-corrected chi connectivity index (χ4v) is 2.37. The summed E-state index contributed by atoms with van der Waals surface area (Å²) in [6.45, 7) is 0. The third-order valence-corrected chi connectivity index (χ3v) is 3.59. The van der Waals surface area contributed by atoms with Gasteiger partial charge in [0.2, 0.25) is 0 Å². The molecule has 6 heteroatoms. The second kappa shape index (κ2) is 6.98. The molecule has 0 aliphatic heterocycles. The zero-order valence-corrected chi connectivity index (χ0v) is 12.0. The van der Waals surface area contributed by atoms with Gasteiger partial charge in [0.25, 0.3) is 0 Å². The lowest BCUT2D eigenvalue weighted by atomic mass is 10.2. The minimum absolute atomic E-state index is 0.684. The number of primary amides is 1. The van der Waals surface area contributed by atoms with Crippen LogP contribution >= 0.6 is 23.4 Å². The van der Waals surface area contributed by atoms with Crippen molar-refractivity contribution < 1.29 is 4.79 Å². The Morgan fingerprint density at radius 3 is 2.20 bits per heavy atom. The molecule has 0 atom stereocenters. The Kier molecular flexibility index (Phi) is 5.03. The van der Waals surface area contributed by atoms with Gasteiger partial charge in [0.15, 0.2) is 0 Å². The van der Waals surface area contributed by atoms with Crippen molar-refractivity contribution in [3.63, 3.8) is 0 Å². The van der Waals surface area contributed by atoms with E-state index in [2.05, 4.69) is 10.5 Å². The Morgan fingerprint density at radius 1 is 1.10 bits per heavy atom. The van der Waals surface area contributed by atoms with E-state index in [-0.39, 0.29) is 0 Å². The average molecular weight is 306 g/mol. The largest absolute Gasteiger partial charge is 0.350 e. The molecule has 2 aromatic carbocycles. The maximum absolute atomic E-state index is 10.5. The predicted molar refractivity (Wildman–Crippen MR) is 82.3 cm³/mol. The smallest absolute Gasteiger partial charge is 0.332 e. The molecule has 0 fully saturated rings. The average Bonchev–Trinajstić information content (AvgIpc) is 2.43. The van der Waals surface area contributed by atoms with Gasteiger partial charge in [-0.15, -0.1) is 0 Å². The lowest BCUT2D eigenvalue weighted by molar-refractivity contribution is 0.249. The predicted octanol–water partition coefficient (Wildman–Crippen LogP) is 3.49. The molecule has 2 aromatic rings. The van der Waals surface area contributed by atoms with Crippen LogP contribution in [0.1, 0.15) is 5.56 Å². The van der Waals surface area contributed by atoms with E-state index in [0.29, 0.717) is 0 Å². The number of halogens is 1. The molecule has 3 N–H and O–H groups in total. The fourth-order valence-electron chi connectivity index (χ4n) is 1.43. The highest BCUT2D eigenvalue weighted by Gasteiger charge is 1.98. The molecule has 0 aliphatic rings. The van der Waals surface area contributed by atoms with E-state index in [9.17, 15) is 4.79 Å². The second-order valence-electron chi connectivity index (χ2n) is 3.86. The Labute approximate surface area is 126 Å². The van der Waals surface area contributed by atoms with Crippen LogP contribution in [0, 0.1) is 0 Å². The molecule has 4 nitrogen and oxygen atoms in total. The first-order valence-corrected chi connectivity index (χ1v) is 6.95. The van der Waals surface area contributed by atoms with Gasteiger partial charge in [-0.25, -0.2) is 10.2 Å². The van der Waals surface area contributed by atoms with Crippen molar-refractivity contribution in [3.8, 4) is 0 Å². The monoisotopic (exact) mass is 305 g/mol. The van der Waals surface area contributed by atoms with Crippen molar-refractivity contribution in [2.45, 2.75) is 9.79 Å². The highest BCUT2D eigenvalue weighted by atomic mass is 35.5. The summed E-state index contributed by atoms with van der Waals surface area (Å²) in [5, 5.41) is 4.42. The lowest BCUT2D eigenvalue weighted by Gasteiger charge is -2.02. The van der Waals surface area contributed by atoms with Crippen molar-refractivity contribution in [3.05, 3.63) is 59.1 Å². The molecule has 0 radical (unpaired) electrons. The quantitative estimate of drug-likeness (QED) is 0.670. The summed E-state index contributed by atoms with van der Waals surface area (Å²) in [6, 6.07) is 14.8. The zero-order valence-electron chi connectivity index (χ0n) is 10.4. The first kappa shape index (κ1) is 14.4. The summed E-state index contributed by atoms with van der Waals surface area (Å²) in [5.41, 5.74) is 7.92. The van der Waals surface area contributed by atoms with Crippen LogP contribution in [0.15, 0.2) is 63.4 Å².